The molecule has 5 nitrogen and oxygen atoms in total. The normalized spacial score (nSPS) is 11.0. The van der Waals surface area contributed by atoms with Gasteiger partial charge in [0.2, 0.25) is 0 Å². The molecule has 0 aliphatic carbocycles. The molecular weight excluding hydrogens is 416 g/mol. The standard InChI is InChI=1S/C28H28O5/c1-3-19-8-7-10-21(12-19)25-14-20(13-23-15-24(17-29)33-28(23)25)18-32-26-11-6-5-9-22(26)16-27(30)31-4-2/h5-15,29H,3-4,16-18H2,1-2H3. The fourth-order valence-corrected chi connectivity index (χ4v) is 3.92. The Morgan fingerprint density at radius 2 is 1.82 bits per heavy atom. The van der Waals surface area contributed by atoms with E-state index in [4.69, 9.17) is 13.9 Å². The van der Waals surface area contributed by atoms with Crippen LogP contribution in [0, 0.1) is 0 Å². The second-order valence-corrected chi connectivity index (χ2v) is 7.86. The number of fused-ring (bicyclic) bond motifs is 1. The van der Waals surface area contributed by atoms with E-state index < -0.39 is 0 Å². The number of carbonyl (C=O) groups excluding carboxylic acids is 1. The van der Waals surface area contributed by atoms with Crippen molar-refractivity contribution in [2.45, 2.75) is 39.9 Å². The summed E-state index contributed by atoms with van der Waals surface area (Å²) in [4.78, 5) is 12.0. The topological polar surface area (TPSA) is 68.9 Å². The first-order chi connectivity index (χ1) is 16.1. The van der Waals surface area contributed by atoms with Crippen molar-refractivity contribution in [3.05, 3.63) is 89.2 Å². The van der Waals surface area contributed by atoms with Crippen LogP contribution in [-0.4, -0.2) is 17.7 Å². The lowest BCUT2D eigenvalue weighted by molar-refractivity contribution is -0.142. The number of esters is 1. The Hall–Kier alpha value is -3.57. The predicted octanol–water partition coefficient (Wildman–Crippen LogP) is 5.84. The van der Waals surface area contributed by atoms with E-state index in [0.29, 0.717) is 24.7 Å². The molecule has 1 aromatic heterocycles. The van der Waals surface area contributed by atoms with Crippen molar-refractivity contribution in [3.63, 3.8) is 0 Å². The molecule has 0 fully saturated rings. The van der Waals surface area contributed by atoms with E-state index >= 15 is 0 Å². The molecule has 170 valence electrons. The minimum atomic E-state index is -0.275. The summed E-state index contributed by atoms with van der Waals surface area (Å²) in [6.07, 6.45) is 1.11. The summed E-state index contributed by atoms with van der Waals surface area (Å²) in [5.41, 5.74) is 5.76. The lowest BCUT2D eigenvalue weighted by Crippen LogP contribution is -2.09. The maximum Gasteiger partial charge on any atom is 0.310 e. The number of furan rings is 1. The molecule has 0 amide bonds. The van der Waals surface area contributed by atoms with E-state index in [2.05, 4.69) is 31.2 Å². The first kappa shape index (κ1) is 22.6. The van der Waals surface area contributed by atoms with Gasteiger partial charge in [-0.15, -0.1) is 0 Å². The fourth-order valence-electron chi connectivity index (χ4n) is 3.92. The molecule has 0 bridgehead atoms. The van der Waals surface area contributed by atoms with Crippen molar-refractivity contribution in [1.82, 2.24) is 0 Å². The molecular formula is C28H28O5. The van der Waals surface area contributed by atoms with E-state index in [9.17, 15) is 9.90 Å². The smallest absolute Gasteiger partial charge is 0.310 e. The van der Waals surface area contributed by atoms with E-state index in [1.807, 2.05) is 42.5 Å². The predicted molar refractivity (Wildman–Crippen MR) is 128 cm³/mol. The van der Waals surface area contributed by atoms with Gasteiger partial charge in [0.1, 0.15) is 30.3 Å². The monoisotopic (exact) mass is 444 g/mol. The summed E-state index contributed by atoms with van der Waals surface area (Å²) >= 11 is 0. The van der Waals surface area contributed by atoms with Crippen LogP contribution < -0.4 is 4.74 Å². The zero-order valence-electron chi connectivity index (χ0n) is 19.0. The zero-order valence-corrected chi connectivity index (χ0v) is 19.0. The van der Waals surface area contributed by atoms with Crippen molar-refractivity contribution in [2.75, 3.05) is 6.61 Å². The number of aliphatic hydroxyl groups excluding tert-OH is 1. The van der Waals surface area contributed by atoms with Crippen LogP contribution in [0.4, 0.5) is 0 Å². The Morgan fingerprint density at radius 1 is 0.970 bits per heavy atom. The van der Waals surface area contributed by atoms with Crippen LogP contribution in [0.5, 0.6) is 5.75 Å². The zero-order chi connectivity index (χ0) is 23.2. The quantitative estimate of drug-likeness (QED) is 0.329. The fraction of sp³-hybridized carbons (Fsp3) is 0.250. The lowest BCUT2D eigenvalue weighted by Gasteiger charge is -2.13. The Labute approximate surface area is 193 Å². The Bertz CT molecular complexity index is 1250. The SMILES string of the molecule is CCOC(=O)Cc1ccccc1OCc1cc(-c2cccc(CC)c2)c2oc(CO)cc2c1. The first-order valence-electron chi connectivity index (χ1n) is 11.2. The molecule has 0 atom stereocenters. The Morgan fingerprint density at radius 3 is 2.61 bits per heavy atom. The maximum atomic E-state index is 12.0. The minimum Gasteiger partial charge on any atom is -0.489 e. The van der Waals surface area contributed by atoms with Gasteiger partial charge in [0, 0.05) is 16.5 Å². The molecule has 1 heterocycles. The van der Waals surface area contributed by atoms with Gasteiger partial charge in [-0.2, -0.15) is 0 Å². The van der Waals surface area contributed by atoms with Crippen LogP contribution in [0.2, 0.25) is 0 Å². The summed E-state index contributed by atoms with van der Waals surface area (Å²) in [5.74, 6) is 0.905. The van der Waals surface area contributed by atoms with Crippen molar-refractivity contribution in [3.8, 4) is 16.9 Å². The van der Waals surface area contributed by atoms with Gasteiger partial charge in [-0.25, -0.2) is 0 Å². The van der Waals surface area contributed by atoms with Crippen molar-refractivity contribution in [1.29, 1.82) is 0 Å². The Kier molecular flexibility index (Phi) is 7.10. The number of hydrogen-bond acceptors (Lipinski definition) is 5. The van der Waals surface area contributed by atoms with Crippen LogP contribution in [0.15, 0.2) is 71.1 Å². The molecule has 4 rings (SSSR count). The molecule has 3 aromatic carbocycles. The number of hydrogen-bond donors (Lipinski definition) is 1. The maximum absolute atomic E-state index is 12.0. The van der Waals surface area contributed by atoms with Crippen LogP contribution in [0.25, 0.3) is 22.1 Å². The van der Waals surface area contributed by atoms with Gasteiger partial charge < -0.3 is 19.0 Å². The van der Waals surface area contributed by atoms with Crippen molar-refractivity contribution in [2.24, 2.45) is 0 Å². The number of rotatable bonds is 9. The highest BCUT2D eigenvalue weighted by Crippen LogP contribution is 2.34. The second kappa shape index (κ2) is 10.4. The largest absolute Gasteiger partial charge is 0.489 e. The van der Waals surface area contributed by atoms with E-state index in [1.165, 1.54) is 5.56 Å². The highest BCUT2D eigenvalue weighted by Gasteiger charge is 2.14. The number of aryl methyl sites for hydroxylation is 1. The first-order valence-corrected chi connectivity index (χ1v) is 11.2. The van der Waals surface area contributed by atoms with Crippen LogP contribution in [-0.2, 0) is 35.6 Å². The van der Waals surface area contributed by atoms with Crippen LogP contribution in [0.1, 0.15) is 36.3 Å². The van der Waals surface area contributed by atoms with Crippen LogP contribution in [0.3, 0.4) is 0 Å². The average Bonchev–Trinajstić information content (AvgIpc) is 3.26. The van der Waals surface area contributed by atoms with E-state index in [1.54, 1.807) is 6.92 Å². The molecule has 0 aliphatic heterocycles. The third-order valence-electron chi connectivity index (χ3n) is 5.54. The molecule has 0 aliphatic rings. The third-order valence-corrected chi connectivity index (χ3v) is 5.54. The van der Waals surface area contributed by atoms with E-state index in [-0.39, 0.29) is 19.0 Å². The van der Waals surface area contributed by atoms with Crippen molar-refractivity contribution < 1.29 is 23.8 Å². The van der Waals surface area contributed by atoms with Gasteiger partial charge in [0.05, 0.1) is 13.0 Å². The summed E-state index contributed by atoms with van der Waals surface area (Å²) < 4.78 is 17.2. The molecule has 0 radical (unpaired) electrons. The lowest BCUT2D eigenvalue weighted by atomic mass is 9.98. The van der Waals surface area contributed by atoms with Gasteiger partial charge in [-0.05, 0) is 54.3 Å². The summed E-state index contributed by atoms with van der Waals surface area (Å²) in [7, 11) is 0. The van der Waals surface area contributed by atoms with Crippen molar-refractivity contribution >= 4 is 16.9 Å². The van der Waals surface area contributed by atoms with Crippen LogP contribution >= 0.6 is 0 Å². The van der Waals surface area contributed by atoms with E-state index in [0.717, 1.165) is 39.6 Å². The van der Waals surface area contributed by atoms with Gasteiger partial charge >= 0.3 is 5.97 Å². The summed E-state index contributed by atoms with van der Waals surface area (Å²) in [6.45, 7) is 4.45. The molecule has 1 N–H and O–H groups in total. The summed E-state index contributed by atoms with van der Waals surface area (Å²) in [5, 5.41) is 10.5. The highest BCUT2D eigenvalue weighted by atomic mass is 16.5. The third kappa shape index (κ3) is 5.26. The number of carbonyl (C=O) groups is 1. The molecule has 4 aromatic rings. The van der Waals surface area contributed by atoms with Gasteiger partial charge in [0.15, 0.2) is 0 Å². The number of benzene rings is 3. The molecule has 5 heteroatoms. The minimum absolute atomic E-state index is 0.157. The van der Waals surface area contributed by atoms with Gasteiger partial charge in [-0.3, -0.25) is 4.79 Å². The molecule has 33 heavy (non-hydrogen) atoms. The number of ether oxygens (including phenoxy) is 2. The molecule has 0 unspecified atom stereocenters. The Balaban J connectivity index is 1.66. The number of aliphatic hydroxyl groups is 1. The highest BCUT2D eigenvalue weighted by molar-refractivity contribution is 5.93. The summed E-state index contributed by atoms with van der Waals surface area (Å²) in [6, 6.07) is 21.8. The molecule has 0 saturated heterocycles. The second-order valence-electron chi connectivity index (χ2n) is 7.86. The molecule has 0 spiro atoms. The number of para-hydroxylation sites is 1. The average molecular weight is 445 g/mol. The molecule has 0 saturated carbocycles. The van der Waals surface area contributed by atoms with Gasteiger partial charge in [0.25, 0.3) is 0 Å². The van der Waals surface area contributed by atoms with Gasteiger partial charge in [-0.1, -0.05) is 49.4 Å².